The lowest BCUT2D eigenvalue weighted by Gasteiger charge is -2.29. The van der Waals surface area contributed by atoms with E-state index in [1.807, 2.05) is 65.3 Å². The minimum atomic E-state index is -0.910. The van der Waals surface area contributed by atoms with Crippen molar-refractivity contribution in [3.05, 3.63) is 54.6 Å². The largest absolute Gasteiger partial charge is 0.494 e. The Morgan fingerprint density at radius 2 is 1.44 bits per heavy atom. The Morgan fingerprint density at radius 1 is 0.861 bits per heavy atom. The van der Waals surface area contributed by atoms with Crippen molar-refractivity contribution in [2.45, 2.75) is 58.4 Å². The van der Waals surface area contributed by atoms with Crippen LogP contribution in [0.15, 0.2) is 54.6 Å². The molecule has 2 amide bonds. The van der Waals surface area contributed by atoms with Crippen molar-refractivity contribution in [1.82, 2.24) is 10.6 Å². The summed E-state index contributed by atoms with van der Waals surface area (Å²) in [6.45, 7) is 5.84. The predicted molar refractivity (Wildman–Crippen MR) is 147 cm³/mol. The molecule has 0 aliphatic carbocycles. The summed E-state index contributed by atoms with van der Waals surface area (Å²) < 4.78 is 6.43. The van der Waals surface area contributed by atoms with Crippen molar-refractivity contribution in [3.63, 3.8) is 0 Å². The van der Waals surface area contributed by atoms with Crippen LogP contribution in [0.1, 0.15) is 52.4 Å². The van der Waals surface area contributed by atoms with Crippen molar-refractivity contribution >= 4 is 12.0 Å². The number of hydrogen-bond donors (Lipinski definition) is 3. The summed E-state index contributed by atoms with van der Waals surface area (Å²) in [6.07, 6.45) is 5.01. The summed E-state index contributed by atoms with van der Waals surface area (Å²) in [5.41, 5.74) is 2.38. The van der Waals surface area contributed by atoms with Crippen molar-refractivity contribution in [2.24, 2.45) is 0 Å². The first-order chi connectivity index (χ1) is 17.2. The SMILES string of the molecule is CC.C[N+](C)(C)C[C@@H](CC(=O)O)NC(=O)NCCCCCCCOc1ccc(-c2ccccc2)cc1. The lowest BCUT2D eigenvalue weighted by Crippen LogP contribution is -2.52. The molecule has 0 spiro atoms. The smallest absolute Gasteiger partial charge is 0.315 e. The lowest BCUT2D eigenvalue weighted by atomic mass is 10.1. The molecule has 36 heavy (non-hydrogen) atoms. The van der Waals surface area contributed by atoms with Gasteiger partial charge in [-0.25, -0.2) is 4.79 Å². The van der Waals surface area contributed by atoms with E-state index in [1.165, 1.54) is 11.1 Å². The summed E-state index contributed by atoms with van der Waals surface area (Å²) in [4.78, 5) is 23.1. The van der Waals surface area contributed by atoms with E-state index in [2.05, 4.69) is 34.9 Å². The molecule has 7 nitrogen and oxygen atoms in total. The molecule has 2 rings (SSSR count). The Bertz CT molecular complexity index is 864. The van der Waals surface area contributed by atoms with Gasteiger partial charge in [0, 0.05) is 6.54 Å². The van der Waals surface area contributed by atoms with Gasteiger partial charge >= 0.3 is 12.0 Å². The van der Waals surface area contributed by atoms with E-state index in [9.17, 15) is 9.59 Å². The van der Waals surface area contributed by atoms with Crippen molar-refractivity contribution in [3.8, 4) is 16.9 Å². The van der Waals surface area contributed by atoms with Crippen LogP contribution in [-0.4, -0.2) is 68.5 Å². The molecule has 0 aliphatic heterocycles. The number of hydrogen-bond acceptors (Lipinski definition) is 3. The second-order valence-corrected chi connectivity index (χ2v) is 9.67. The van der Waals surface area contributed by atoms with Gasteiger partial charge in [-0.05, 0) is 36.1 Å². The number of benzene rings is 2. The molecular weight excluding hydrogens is 454 g/mol. The predicted octanol–water partition coefficient (Wildman–Crippen LogP) is 5.56. The molecule has 7 heteroatoms. The molecule has 0 fully saturated rings. The molecule has 0 aliphatic rings. The number of quaternary nitrogens is 1. The van der Waals surface area contributed by atoms with Gasteiger partial charge in [-0.2, -0.15) is 0 Å². The maximum absolute atomic E-state index is 12.1. The summed E-state index contributed by atoms with van der Waals surface area (Å²) in [5, 5.41) is 14.7. The number of nitrogens with one attached hydrogen (secondary N) is 2. The minimum Gasteiger partial charge on any atom is -0.494 e. The topological polar surface area (TPSA) is 87.7 Å². The van der Waals surface area contributed by atoms with Crippen LogP contribution in [-0.2, 0) is 4.79 Å². The van der Waals surface area contributed by atoms with Gasteiger partial charge in [0.1, 0.15) is 5.75 Å². The highest BCUT2D eigenvalue weighted by Gasteiger charge is 2.22. The minimum absolute atomic E-state index is 0.0812. The number of aliphatic carboxylic acids is 1. The molecule has 0 saturated carbocycles. The Hall–Kier alpha value is -3.06. The number of carboxylic acid groups (broad SMARTS) is 1. The standard InChI is InChI=1S/C27H39N3O4.C2H6/c1-30(2,3)21-24(20-26(31)32)29-27(33)28-18-10-5-4-6-11-19-34-25-16-14-23(15-17-25)22-12-8-7-9-13-22;1-2/h7-9,12-17,24H,4-6,10-11,18-21H2,1-3H3,(H2-,28,29,31,32,33);1-2H3/p+1/t24-;/m1./s1. The molecule has 2 aromatic carbocycles. The molecule has 0 radical (unpaired) electrons. The summed E-state index contributed by atoms with van der Waals surface area (Å²) in [7, 11) is 5.92. The number of amides is 2. The molecule has 0 saturated heterocycles. The Kier molecular flexibility index (Phi) is 15.0. The lowest BCUT2D eigenvalue weighted by molar-refractivity contribution is -0.871. The number of likely N-dealkylation sites (N-methyl/N-ethyl adjacent to an activating group) is 1. The Labute approximate surface area is 217 Å². The normalized spacial score (nSPS) is 11.6. The Morgan fingerprint density at radius 3 is 2.06 bits per heavy atom. The van der Waals surface area contributed by atoms with E-state index in [0.717, 1.165) is 37.9 Å². The summed E-state index contributed by atoms with van der Waals surface area (Å²) in [5.74, 6) is -0.0201. The molecule has 0 unspecified atom stereocenters. The highest BCUT2D eigenvalue weighted by atomic mass is 16.5. The quantitative estimate of drug-likeness (QED) is 0.221. The van der Waals surface area contributed by atoms with Gasteiger partial charge in [-0.15, -0.1) is 0 Å². The molecule has 0 heterocycles. The van der Waals surface area contributed by atoms with E-state index in [4.69, 9.17) is 9.84 Å². The number of carbonyl (C=O) groups is 2. The van der Waals surface area contributed by atoms with Gasteiger partial charge < -0.3 is 25.0 Å². The van der Waals surface area contributed by atoms with Crippen LogP contribution in [0.2, 0.25) is 0 Å². The van der Waals surface area contributed by atoms with Crippen LogP contribution in [0.25, 0.3) is 11.1 Å². The zero-order valence-electron chi connectivity index (χ0n) is 22.8. The highest BCUT2D eigenvalue weighted by Crippen LogP contribution is 2.22. The first-order valence-electron chi connectivity index (χ1n) is 13.1. The fourth-order valence-corrected chi connectivity index (χ4v) is 3.79. The second-order valence-electron chi connectivity index (χ2n) is 9.67. The van der Waals surface area contributed by atoms with Crippen molar-refractivity contribution < 1.29 is 23.9 Å². The monoisotopic (exact) mass is 500 g/mol. The maximum Gasteiger partial charge on any atom is 0.315 e. The molecule has 3 N–H and O–H groups in total. The third-order valence-corrected chi connectivity index (χ3v) is 5.36. The van der Waals surface area contributed by atoms with Crippen molar-refractivity contribution in [1.29, 1.82) is 0 Å². The van der Waals surface area contributed by atoms with Crippen LogP contribution >= 0.6 is 0 Å². The van der Waals surface area contributed by atoms with E-state index < -0.39 is 12.0 Å². The molecule has 1 atom stereocenters. The first-order valence-corrected chi connectivity index (χ1v) is 13.1. The van der Waals surface area contributed by atoms with E-state index >= 15 is 0 Å². The van der Waals surface area contributed by atoms with Crippen LogP contribution in [0.3, 0.4) is 0 Å². The molecule has 200 valence electrons. The van der Waals surface area contributed by atoms with Gasteiger partial charge in [0.15, 0.2) is 0 Å². The van der Waals surface area contributed by atoms with Crippen LogP contribution in [0.5, 0.6) is 5.75 Å². The van der Waals surface area contributed by atoms with E-state index in [1.54, 1.807) is 0 Å². The van der Waals surface area contributed by atoms with Gasteiger partial charge in [0.2, 0.25) is 0 Å². The van der Waals surface area contributed by atoms with E-state index in [-0.39, 0.29) is 12.5 Å². The fraction of sp³-hybridized carbons (Fsp3) is 0.517. The Balaban J connectivity index is 0.00000316. The third kappa shape index (κ3) is 14.4. The molecule has 0 aromatic heterocycles. The van der Waals surface area contributed by atoms with Crippen LogP contribution < -0.4 is 15.4 Å². The molecule has 0 bridgehead atoms. The molecule has 2 aromatic rings. The third-order valence-electron chi connectivity index (χ3n) is 5.36. The summed E-state index contributed by atoms with van der Waals surface area (Å²) in [6, 6.07) is 17.8. The van der Waals surface area contributed by atoms with Gasteiger partial charge in [-0.3, -0.25) is 4.79 Å². The average molecular weight is 501 g/mol. The van der Waals surface area contributed by atoms with Crippen LogP contribution in [0.4, 0.5) is 4.79 Å². The van der Waals surface area contributed by atoms with Gasteiger partial charge in [-0.1, -0.05) is 75.6 Å². The second kappa shape index (κ2) is 17.4. The fourth-order valence-electron chi connectivity index (χ4n) is 3.79. The van der Waals surface area contributed by atoms with E-state index in [0.29, 0.717) is 24.2 Å². The number of carboxylic acids is 1. The zero-order valence-corrected chi connectivity index (χ0v) is 22.8. The van der Waals surface area contributed by atoms with Gasteiger partial charge in [0.05, 0.1) is 46.8 Å². The van der Waals surface area contributed by atoms with Crippen molar-refractivity contribution in [2.75, 3.05) is 40.8 Å². The number of rotatable bonds is 15. The summed E-state index contributed by atoms with van der Waals surface area (Å²) >= 11 is 0. The first kappa shape index (κ1) is 31.0. The van der Waals surface area contributed by atoms with Gasteiger partial charge in [0.25, 0.3) is 0 Å². The average Bonchev–Trinajstić information content (AvgIpc) is 2.83. The maximum atomic E-state index is 12.1. The number of nitrogens with zero attached hydrogens (tertiary/aromatic N) is 1. The number of ether oxygens (including phenoxy) is 1. The number of carbonyl (C=O) groups excluding carboxylic acids is 1. The zero-order chi connectivity index (χ0) is 26.8. The number of urea groups is 1. The molecular formula is C29H46N3O4+. The number of unbranched alkanes of at least 4 members (excludes halogenated alkanes) is 4. The van der Waals surface area contributed by atoms with Crippen LogP contribution in [0, 0.1) is 0 Å². The highest BCUT2D eigenvalue weighted by molar-refractivity contribution is 5.75.